The molecule has 212 valence electrons. The first kappa shape index (κ1) is 28.6. The predicted molar refractivity (Wildman–Crippen MR) is 158 cm³/mol. The third-order valence-electron chi connectivity index (χ3n) is 6.97. The van der Waals surface area contributed by atoms with Gasteiger partial charge in [0.25, 0.3) is 11.5 Å². The van der Waals surface area contributed by atoms with E-state index in [1.54, 1.807) is 25.3 Å². The number of aromatic nitrogens is 3. The molecular formula is C29H27Cl2N5O5. The minimum atomic E-state index is -0.718. The molecule has 3 heterocycles. The van der Waals surface area contributed by atoms with E-state index in [0.29, 0.717) is 52.9 Å². The highest BCUT2D eigenvalue weighted by Gasteiger charge is 2.26. The Morgan fingerprint density at radius 3 is 2.37 bits per heavy atom. The summed E-state index contributed by atoms with van der Waals surface area (Å²) < 4.78 is 7.57. The average Bonchev–Trinajstić information content (AvgIpc) is 2.94. The number of nitrogens with zero attached hydrogens (tertiary/aromatic N) is 4. The Morgan fingerprint density at radius 2 is 1.68 bits per heavy atom. The summed E-state index contributed by atoms with van der Waals surface area (Å²) in [5, 5.41) is 12.9. The van der Waals surface area contributed by atoms with Gasteiger partial charge in [-0.05, 0) is 12.1 Å². The van der Waals surface area contributed by atoms with Crippen LogP contribution in [0.3, 0.4) is 0 Å². The van der Waals surface area contributed by atoms with Crippen molar-refractivity contribution < 1.29 is 14.6 Å². The molecule has 2 aromatic heterocycles. The molecule has 2 aromatic carbocycles. The second-order valence-electron chi connectivity index (χ2n) is 9.80. The smallest absolute Gasteiger partial charge is 0.330 e. The fraction of sp³-hybridized carbons (Fsp3) is 0.241. The number of likely N-dealkylation sites (tertiary alicyclic amines) is 1. The highest BCUT2D eigenvalue weighted by molar-refractivity contribution is 6.39. The number of carbonyl (C=O) groups excluding carboxylic acids is 1. The molecule has 1 aliphatic rings. The van der Waals surface area contributed by atoms with Crippen LogP contribution in [0.5, 0.6) is 5.88 Å². The zero-order valence-electron chi connectivity index (χ0n) is 22.5. The first-order valence-electron chi connectivity index (χ1n) is 12.7. The number of ether oxygens (including phenoxy) is 1. The number of hydrogen-bond donors (Lipinski definition) is 2. The van der Waals surface area contributed by atoms with Crippen LogP contribution in [0.15, 0.2) is 64.3 Å². The molecule has 0 bridgehead atoms. The molecule has 1 amide bonds. The van der Waals surface area contributed by atoms with E-state index in [0.717, 1.165) is 14.7 Å². The van der Waals surface area contributed by atoms with Crippen LogP contribution in [0, 0.1) is 0 Å². The lowest BCUT2D eigenvalue weighted by Crippen LogP contribution is -2.49. The van der Waals surface area contributed by atoms with Crippen LogP contribution in [-0.2, 0) is 20.6 Å². The van der Waals surface area contributed by atoms with E-state index >= 15 is 0 Å². The number of amides is 1. The average molecular weight is 596 g/mol. The lowest BCUT2D eigenvalue weighted by atomic mass is 10.00. The van der Waals surface area contributed by atoms with Crippen LogP contribution >= 0.6 is 23.2 Å². The van der Waals surface area contributed by atoms with Crippen LogP contribution in [0.25, 0.3) is 22.4 Å². The van der Waals surface area contributed by atoms with Crippen LogP contribution in [0.1, 0.15) is 15.9 Å². The molecule has 1 aliphatic heterocycles. The van der Waals surface area contributed by atoms with E-state index in [4.69, 9.17) is 27.9 Å². The lowest BCUT2D eigenvalue weighted by Gasteiger charge is -2.35. The topological polar surface area (TPSA) is 119 Å². The Balaban J connectivity index is 1.46. The van der Waals surface area contributed by atoms with Crippen LogP contribution in [0.2, 0.25) is 10.0 Å². The molecule has 5 rings (SSSR count). The van der Waals surface area contributed by atoms with Crippen molar-refractivity contribution in [3.8, 4) is 28.3 Å². The zero-order chi connectivity index (χ0) is 29.4. The van der Waals surface area contributed by atoms with E-state index < -0.39 is 17.2 Å². The van der Waals surface area contributed by atoms with E-state index in [2.05, 4.69) is 15.2 Å². The molecule has 2 N–H and O–H groups in total. The van der Waals surface area contributed by atoms with E-state index in [1.165, 1.54) is 20.3 Å². The highest BCUT2D eigenvalue weighted by Crippen LogP contribution is 2.41. The maximum atomic E-state index is 13.0. The molecule has 0 radical (unpaired) electrons. The van der Waals surface area contributed by atoms with Crippen molar-refractivity contribution in [3.63, 3.8) is 0 Å². The Labute approximate surface area is 245 Å². The van der Waals surface area contributed by atoms with Crippen molar-refractivity contribution in [2.45, 2.75) is 12.6 Å². The van der Waals surface area contributed by atoms with Gasteiger partial charge in [0.15, 0.2) is 0 Å². The third kappa shape index (κ3) is 5.51. The maximum Gasteiger partial charge on any atom is 0.330 e. The van der Waals surface area contributed by atoms with Gasteiger partial charge < -0.3 is 19.7 Å². The molecule has 0 spiro atoms. The number of nitrogens with one attached hydrogen (secondary N) is 1. The molecular weight excluding hydrogens is 569 g/mol. The van der Waals surface area contributed by atoms with Gasteiger partial charge in [0, 0.05) is 62.2 Å². The molecule has 0 aliphatic carbocycles. The zero-order valence-corrected chi connectivity index (χ0v) is 24.0. The summed E-state index contributed by atoms with van der Waals surface area (Å²) in [5.74, 6) is -0.234. The van der Waals surface area contributed by atoms with Gasteiger partial charge in [0.05, 0.1) is 34.6 Å². The standard InChI is InChI=1S/C29H27Cl2N5O5/c1-34-15-21(28(39)35(2)29(34)40)26(38)32-23-9-5-7-19(25(23)31)18-6-4-8-20(24(18)30)22-11-10-16(27(33-22)41-3)12-36-13-17(37)14-36/h4-11,15,17,37H,12-14H2,1-3H3,(H,32,38). The number of rotatable bonds is 7. The molecule has 0 atom stereocenters. The summed E-state index contributed by atoms with van der Waals surface area (Å²) in [6.07, 6.45) is 0.895. The summed E-state index contributed by atoms with van der Waals surface area (Å²) in [6, 6.07) is 14.4. The van der Waals surface area contributed by atoms with Gasteiger partial charge in [0.1, 0.15) is 5.56 Å². The Bertz CT molecular complexity index is 1780. The first-order valence-corrected chi connectivity index (χ1v) is 13.4. The van der Waals surface area contributed by atoms with Crippen molar-refractivity contribution in [1.29, 1.82) is 0 Å². The van der Waals surface area contributed by atoms with E-state index in [-0.39, 0.29) is 22.4 Å². The summed E-state index contributed by atoms with van der Waals surface area (Å²) in [6.45, 7) is 1.84. The van der Waals surface area contributed by atoms with Crippen LogP contribution in [0.4, 0.5) is 5.69 Å². The van der Waals surface area contributed by atoms with Gasteiger partial charge in [-0.1, -0.05) is 59.6 Å². The van der Waals surface area contributed by atoms with Gasteiger partial charge in [-0.3, -0.25) is 19.1 Å². The number of hydrogen-bond acceptors (Lipinski definition) is 7. The molecule has 12 heteroatoms. The summed E-state index contributed by atoms with van der Waals surface area (Å²) in [5.41, 5.74) is 2.14. The van der Waals surface area contributed by atoms with Gasteiger partial charge in [0.2, 0.25) is 5.88 Å². The molecule has 1 saturated heterocycles. The number of anilines is 1. The number of aryl methyl sites for hydroxylation is 1. The molecule has 0 unspecified atom stereocenters. The normalized spacial score (nSPS) is 13.6. The fourth-order valence-electron chi connectivity index (χ4n) is 4.76. The molecule has 1 fully saturated rings. The molecule has 10 nitrogen and oxygen atoms in total. The second kappa shape index (κ2) is 11.5. The molecule has 4 aromatic rings. The van der Waals surface area contributed by atoms with Crippen LogP contribution < -0.4 is 21.3 Å². The van der Waals surface area contributed by atoms with Gasteiger partial charge >= 0.3 is 5.69 Å². The second-order valence-corrected chi connectivity index (χ2v) is 10.6. The van der Waals surface area contributed by atoms with Gasteiger partial charge in [-0.2, -0.15) is 0 Å². The number of aliphatic hydroxyl groups excluding tert-OH is 1. The van der Waals surface area contributed by atoms with E-state index in [1.807, 2.05) is 30.3 Å². The minimum absolute atomic E-state index is 0.204. The number of benzene rings is 2. The first-order chi connectivity index (χ1) is 19.6. The van der Waals surface area contributed by atoms with Crippen molar-refractivity contribution in [2.75, 3.05) is 25.5 Å². The largest absolute Gasteiger partial charge is 0.481 e. The predicted octanol–water partition coefficient (Wildman–Crippen LogP) is 3.56. The van der Waals surface area contributed by atoms with Crippen LogP contribution in [-0.4, -0.2) is 56.3 Å². The van der Waals surface area contributed by atoms with E-state index in [9.17, 15) is 19.5 Å². The quantitative estimate of drug-likeness (QED) is 0.335. The number of methoxy groups -OCH3 is 1. The Kier molecular flexibility index (Phi) is 8.01. The van der Waals surface area contributed by atoms with Crippen molar-refractivity contribution in [2.24, 2.45) is 14.1 Å². The molecule has 41 heavy (non-hydrogen) atoms. The number of pyridine rings is 1. The summed E-state index contributed by atoms with van der Waals surface area (Å²) in [7, 11) is 4.32. The maximum absolute atomic E-state index is 13.0. The summed E-state index contributed by atoms with van der Waals surface area (Å²) in [4.78, 5) is 44.3. The number of halogens is 2. The Hall–Kier alpha value is -3.96. The van der Waals surface area contributed by atoms with Crippen molar-refractivity contribution >= 4 is 34.8 Å². The SMILES string of the molecule is COc1nc(-c2cccc(-c3cccc(NC(=O)c4cn(C)c(=O)n(C)c4=O)c3Cl)c2Cl)ccc1CN1CC(O)C1. The third-order valence-corrected chi connectivity index (χ3v) is 7.78. The van der Waals surface area contributed by atoms with Crippen molar-refractivity contribution in [1.82, 2.24) is 19.0 Å². The highest BCUT2D eigenvalue weighted by atomic mass is 35.5. The Morgan fingerprint density at radius 1 is 1.02 bits per heavy atom. The summed E-state index contributed by atoms with van der Waals surface area (Å²) >= 11 is 13.7. The van der Waals surface area contributed by atoms with Crippen molar-refractivity contribution in [3.05, 3.63) is 96.7 Å². The van der Waals surface area contributed by atoms with Gasteiger partial charge in [-0.15, -0.1) is 0 Å². The number of β-amino-alcohol motifs (C(OH)–C–C–N with tert-alkyl or cyclic N) is 1. The minimum Gasteiger partial charge on any atom is -0.481 e. The number of carbonyl (C=O) groups is 1. The molecule has 0 saturated carbocycles. The monoisotopic (exact) mass is 595 g/mol. The fourth-order valence-corrected chi connectivity index (χ4v) is 5.36. The number of aliphatic hydroxyl groups is 1. The van der Waals surface area contributed by atoms with Gasteiger partial charge in [-0.25, -0.2) is 9.78 Å². The lowest BCUT2D eigenvalue weighted by molar-refractivity contribution is -0.00330.